The van der Waals surface area contributed by atoms with Gasteiger partial charge in [-0.1, -0.05) is 0 Å². The fraction of sp³-hybridized carbons (Fsp3) is 0.545. The largest absolute Gasteiger partial charge is 0.444 e. The molecule has 1 atom stereocenters. The lowest BCUT2D eigenvalue weighted by Gasteiger charge is -2.34. The monoisotopic (exact) mass is 417 g/mol. The molecule has 2 aromatic heterocycles. The molecule has 29 heavy (non-hydrogen) atoms. The van der Waals surface area contributed by atoms with Crippen molar-refractivity contribution in [2.75, 3.05) is 13.1 Å². The van der Waals surface area contributed by atoms with Crippen LogP contribution in [-0.4, -0.2) is 46.2 Å². The molecular formula is C22H31N3O3S. The molecule has 0 aliphatic carbocycles. The number of likely N-dealkylation sites (tertiary alicyclic amines) is 1. The molecule has 1 aliphatic heterocycles. The molecule has 2 aromatic rings. The SMILES string of the molecule is CC(Cc1ccsc1)NC(=O)c1cccn1C1CCN(C(=O)OC(C)(C)C)CC1. The van der Waals surface area contributed by atoms with Crippen LogP contribution in [0.1, 0.15) is 62.6 Å². The Morgan fingerprint density at radius 2 is 2.00 bits per heavy atom. The molecule has 0 bridgehead atoms. The normalized spacial score (nSPS) is 16.5. The topological polar surface area (TPSA) is 63.6 Å². The zero-order chi connectivity index (χ0) is 21.0. The summed E-state index contributed by atoms with van der Waals surface area (Å²) in [7, 11) is 0. The van der Waals surface area contributed by atoms with Crippen LogP contribution in [0.3, 0.4) is 0 Å². The number of carbonyl (C=O) groups excluding carboxylic acids is 2. The zero-order valence-corrected chi connectivity index (χ0v) is 18.5. The van der Waals surface area contributed by atoms with E-state index in [2.05, 4.69) is 26.7 Å². The molecule has 158 valence electrons. The average molecular weight is 418 g/mol. The van der Waals surface area contributed by atoms with Crippen molar-refractivity contribution in [3.8, 4) is 0 Å². The van der Waals surface area contributed by atoms with E-state index >= 15 is 0 Å². The Morgan fingerprint density at radius 3 is 2.62 bits per heavy atom. The Kier molecular flexibility index (Phi) is 6.67. The fourth-order valence-electron chi connectivity index (χ4n) is 3.67. The summed E-state index contributed by atoms with van der Waals surface area (Å²) in [5.41, 5.74) is 1.44. The highest BCUT2D eigenvalue weighted by molar-refractivity contribution is 7.07. The van der Waals surface area contributed by atoms with Gasteiger partial charge in [-0.3, -0.25) is 4.79 Å². The summed E-state index contributed by atoms with van der Waals surface area (Å²) in [4.78, 5) is 26.8. The van der Waals surface area contributed by atoms with Crippen molar-refractivity contribution >= 4 is 23.3 Å². The Balaban J connectivity index is 1.56. The Hall–Kier alpha value is -2.28. The molecular weight excluding hydrogens is 386 g/mol. The molecule has 1 N–H and O–H groups in total. The minimum atomic E-state index is -0.487. The molecule has 0 saturated carbocycles. The Labute approximate surface area is 176 Å². The lowest BCUT2D eigenvalue weighted by molar-refractivity contribution is 0.0187. The van der Waals surface area contributed by atoms with Crippen molar-refractivity contribution in [1.29, 1.82) is 0 Å². The van der Waals surface area contributed by atoms with Gasteiger partial charge in [-0.05, 0) is 81.5 Å². The van der Waals surface area contributed by atoms with Gasteiger partial charge in [0.15, 0.2) is 0 Å². The van der Waals surface area contributed by atoms with Gasteiger partial charge in [0.2, 0.25) is 0 Å². The molecule has 0 spiro atoms. The van der Waals surface area contributed by atoms with Crippen molar-refractivity contribution in [3.63, 3.8) is 0 Å². The molecule has 6 nitrogen and oxygen atoms in total. The van der Waals surface area contributed by atoms with E-state index in [1.165, 1.54) is 5.56 Å². The lowest BCUT2D eigenvalue weighted by atomic mass is 10.0. The zero-order valence-electron chi connectivity index (χ0n) is 17.7. The van der Waals surface area contributed by atoms with E-state index in [4.69, 9.17) is 4.74 Å². The van der Waals surface area contributed by atoms with Crippen LogP contribution in [0.25, 0.3) is 0 Å². The Bertz CT molecular complexity index is 815. The second-order valence-electron chi connectivity index (χ2n) is 8.71. The summed E-state index contributed by atoms with van der Waals surface area (Å²) in [5, 5.41) is 7.28. The predicted octanol–water partition coefficient (Wildman–Crippen LogP) is 4.48. The van der Waals surface area contributed by atoms with Gasteiger partial charge in [0, 0.05) is 31.4 Å². The third kappa shape index (κ3) is 5.85. The van der Waals surface area contributed by atoms with Crippen LogP contribution in [0, 0.1) is 0 Å². The first kappa shape index (κ1) is 21.4. The van der Waals surface area contributed by atoms with Crippen LogP contribution in [0.5, 0.6) is 0 Å². The summed E-state index contributed by atoms with van der Waals surface area (Å²) >= 11 is 1.67. The molecule has 0 radical (unpaired) electrons. The number of nitrogens with one attached hydrogen (secondary N) is 1. The first-order chi connectivity index (χ1) is 13.7. The molecule has 3 rings (SSSR count). The van der Waals surface area contributed by atoms with Crippen LogP contribution in [0.2, 0.25) is 0 Å². The van der Waals surface area contributed by atoms with E-state index in [1.807, 2.05) is 46.0 Å². The molecule has 3 heterocycles. The first-order valence-electron chi connectivity index (χ1n) is 10.2. The maximum absolute atomic E-state index is 12.8. The standard InChI is InChI=1S/C22H31N3O3S/c1-16(14-17-9-13-29-15-17)23-20(26)19-6-5-10-25(19)18-7-11-24(12-8-18)21(27)28-22(2,3)4/h5-6,9-10,13,15-16,18H,7-8,11-12,14H2,1-4H3,(H,23,26). The average Bonchev–Trinajstić information content (AvgIpc) is 3.31. The summed E-state index contributed by atoms with van der Waals surface area (Å²) in [5.74, 6) is -0.0488. The summed E-state index contributed by atoms with van der Waals surface area (Å²) in [6.07, 6.45) is 4.14. The quantitative estimate of drug-likeness (QED) is 0.780. The number of carbonyl (C=O) groups is 2. The van der Waals surface area contributed by atoms with Crippen molar-refractivity contribution in [2.24, 2.45) is 0 Å². The van der Waals surface area contributed by atoms with Gasteiger partial charge < -0.3 is 19.5 Å². The van der Waals surface area contributed by atoms with Gasteiger partial charge in [0.05, 0.1) is 0 Å². The number of amides is 2. The number of hydrogen-bond donors (Lipinski definition) is 1. The van der Waals surface area contributed by atoms with Gasteiger partial charge in [-0.25, -0.2) is 4.79 Å². The lowest BCUT2D eigenvalue weighted by Crippen LogP contribution is -2.42. The van der Waals surface area contributed by atoms with Gasteiger partial charge in [-0.2, -0.15) is 11.3 Å². The number of thiophene rings is 1. The van der Waals surface area contributed by atoms with E-state index in [9.17, 15) is 9.59 Å². The fourth-order valence-corrected chi connectivity index (χ4v) is 4.35. The third-order valence-electron chi connectivity index (χ3n) is 5.02. The summed E-state index contributed by atoms with van der Waals surface area (Å²) < 4.78 is 7.52. The van der Waals surface area contributed by atoms with E-state index < -0.39 is 5.60 Å². The van der Waals surface area contributed by atoms with Crippen LogP contribution in [0.4, 0.5) is 4.79 Å². The van der Waals surface area contributed by atoms with Gasteiger partial charge in [0.1, 0.15) is 11.3 Å². The molecule has 0 aromatic carbocycles. The number of aromatic nitrogens is 1. The second-order valence-corrected chi connectivity index (χ2v) is 9.49. The number of nitrogens with zero attached hydrogens (tertiary/aromatic N) is 2. The minimum Gasteiger partial charge on any atom is -0.444 e. The van der Waals surface area contributed by atoms with E-state index in [1.54, 1.807) is 16.2 Å². The van der Waals surface area contributed by atoms with E-state index in [0.29, 0.717) is 18.8 Å². The molecule has 1 fully saturated rings. The number of rotatable bonds is 5. The molecule has 1 aliphatic rings. The van der Waals surface area contributed by atoms with Crippen LogP contribution < -0.4 is 5.32 Å². The van der Waals surface area contributed by atoms with Crippen LogP contribution >= 0.6 is 11.3 Å². The van der Waals surface area contributed by atoms with Gasteiger partial charge in [0.25, 0.3) is 5.91 Å². The van der Waals surface area contributed by atoms with Gasteiger partial charge >= 0.3 is 6.09 Å². The highest BCUT2D eigenvalue weighted by atomic mass is 32.1. The highest BCUT2D eigenvalue weighted by Crippen LogP contribution is 2.26. The number of ether oxygens (including phenoxy) is 1. The highest BCUT2D eigenvalue weighted by Gasteiger charge is 2.28. The Morgan fingerprint density at radius 1 is 1.28 bits per heavy atom. The van der Waals surface area contributed by atoms with Crippen LogP contribution in [-0.2, 0) is 11.2 Å². The summed E-state index contributed by atoms with van der Waals surface area (Å²) in [6, 6.07) is 6.14. The predicted molar refractivity (Wildman–Crippen MR) is 115 cm³/mol. The molecule has 2 amide bonds. The second kappa shape index (κ2) is 9.03. The third-order valence-corrected chi connectivity index (χ3v) is 5.75. The molecule has 1 unspecified atom stereocenters. The maximum Gasteiger partial charge on any atom is 0.410 e. The van der Waals surface area contributed by atoms with Crippen LogP contribution in [0.15, 0.2) is 35.2 Å². The molecule has 7 heteroatoms. The van der Waals surface area contributed by atoms with Crippen molar-refractivity contribution in [2.45, 2.75) is 64.6 Å². The molecule has 1 saturated heterocycles. The first-order valence-corrected chi connectivity index (χ1v) is 11.1. The van der Waals surface area contributed by atoms with Gasteiger partial charge in [-0.15, -0.1) is 0 Å². The summed E-state index contributed by atoms with van der Waals surface area (Å²) in [6.45, 7) is 8.92. The van der Waals surface area contributed by atoms with E-state index in [0.717, 1.165) is 19.3 Å². The number of piperidine rings is 1. The smallest absolute Gasteiger partial charge is 0.410 e. The van der Waals surface area contributed by atoms with Crippen molar-refractivity contribution in [1.82, 2.24) is 14.8 Å². The minimum absolute atomic E-state index is 0.0488. The number of hydrogen-bond acceptors (Lipinski definition) is 4. The van der Waals surface area contributed by atoms with Crippen molar-refractivity contribution in [3.05, 3.63) is 46.4 Å². The van der Waals surface area contributed by atoms with Crippen molar-refractivity contribution < 1.29 is 14.3 Å². The maximum atomic E-state index is 12.8. The van der Waals surface area contributed by atoms with E-state index in [-0.39, 0.29) is 24.1 Å².